The number of rotatable bonds is 2. The third-order valence-electron chi connectivity index (χ3n) is 1.74. The van der Waals surface area contributed by atoms with E-state index < -0.39 is 0 Å². The first-order chi connectivity index (χ1) is 5.25. The van der Waals surface area contributed by atoms with Gasteiger partial charge in [-0.1, -0.05) is 36.7 Å². The molecule has 0 aliphatic carbocycles. The number of nitrogens with two attached hydrogens (primary N) is 1. The monoisotopic (exact) mass is 169 g/mol. The van der Waals surface area contributed by atoms with Gasteiger partial charge in [0.2, 0.25) is 0 Å². The molecule has 60 valence electrons. The molecular weight excluding hydrogens is 158 g/mol. The fourth-order valence-corrected chi connectivity index (χ4v) is 1.27. The summed E-state index contributed by atoms with van der Waals surface area (Å²) in [5.74, 6) is 0. The molecule has 0 saturated carbocycles. The minimum absolute atomic E-state index is 0.0729. The average Bonchev–Trinajstić information content (AvgIpc) is 2.04. The van der Waals surface area contributed by atoms with Crippen molar-refractivity contribution in [2.75, 3.05) is 0 Å². The number of benzene rings is 1. The fourth-order valence-electron chi connectivity index (χ4n) is 0.996. The first-order valence-corrected chi connectivity index (χ1v) is 4.13. The highest BCUT2D eigenvalue weighted by Gasteiger charge is 2.05. The highest BCUT2D eigenvalue weighted by Crippen LogP contribution is 2.22. The SMILES string of the molecule is CC[C@H](N)c1ccccc1Cl. The second-order valence-electron chi connectivity index (χ2n) is 2.54. The molecule has 1 aromatic carbocycles. The molecule has 1 aromatic rings. The maximum absolute atomic E-state index is 5.92. The molecule has 1 nitrogen and oxygen atoms in total. The third-order valence-corrected chi connectivity index (χ3v) is 2.09. The Morgan fingerprint density at radius 3 is 2.64 bits per heavy atom. The predicted octanol–water partition coefficient (Wildman–Crippen LogP) is 2.75. The topological polar surface area (TPSA) is 26.0 Å². The summed E-state index contributed by atoms with van der Waals surface area (Å²) in [6, 6.07) is 7.78. The summed E-state index contributed by atoms with van der Waals surface area (Å²) in [5.41, 5.74) is 6.85. The number of hydrogen-bond acceptors (Lipinski definition) is 1. The van der Waals surface area contributed by atoms with Gasteiger partial charge < -0.3 is 5.73 Å². The van der Waals surface area contributed by atoms with E-state index in [2.05, 4.69) is 0 Å². The molecule has 0 heterocycles. The van der Waals surface area contributed by atoms with Gasteiger partial charge in [-0.3, -0.25) is 0 Å². The largest absolute Gasteiger partial charge is 0.324 e. The van der Waals surface area contributed by atoms with Crippen LogP contribution >= 0.6 is 11.6 Å². The maximum Gasteiger partial charge on any atom is 0.0453 e. The first-order valence-electron chi connectivity index (χ1n) is 3.75. The van der Waals surface area contributed by atoms with Crippen LogP contribution in [0.25, 0.3) is 0 Å². The van der Waals surface area contributed by atoms with Crippen LogP contribution in [0.2, 0.25) is 5.02 Å². The van der Waals surface area contributed by atoms with Crippen molar-refractivity contribution in [2.45, 2.75) is 19.4 Å². The standard InChI is InChI=1S/C9H12ClN/c1-2-9(11)7-5-3-4-6-8(7)10/h3-6,9H,2,11H2,1H3/t9-/m0/s1. The van der Waals surface area contributed by atoms with Crippen LogP contribution in [0.5, 0.6) is 0 Å². The second-order valence-corrected chi connectivity index (χ2v) is 2.94. The van der Waals surface area contributed by atoms with Gasteiger partial charge in [0.1, 0.15) is 0 Å². The van der Waals surface area contributed by atoms with Gasteiger partial charge in [0, 0.05) is 11.1 Å². The summed E-state index contributed by atoms with van der Waals surface area (Å²) >= 11 is 5.92. The van der Waals surface area contributed by atoms with E-state index in [0.29, 0.717) is 0 Å². The van der Waals surface area contributed by atoms with Gasteiger partial charge in [0.25, 0.3) is 0 Å². The fraction of sp³-hybridized carbons (Fsp3) is 0.333. The minimum Gasteiger partial charge on any atom is -0.324 e. The van der Waals surface area contributed by atoms with E-state index in [-0.39, 0.29) is 6.04 Å². The van der Waals surface area contributed by atoms with Gasteiger partial charge >= 0.3 is 0 Å². The van der Waals surface area contributed by atoms with E-state index in [0.717, 1.165) is 17.0 Å². The molecule has 2 heteroatoms. The molecule has 0 unspecified atom stereocenters. The molecule has 0 saturated heterocycles. The van der Waals surface area contributed by atoms with Crippen molar-refractivity contribution in [1.82, 2.24) is 0 Å². The lowest BCUT2D eigenvalue weighted by Crippen LogP contribution is -2.08. The van der Waals surface area contributed by atoms with Crippen molar-refractivity contribution in [3.05, 3.63) is 34.9 Å². The molecule has 0 bridgehead atoms. The van der Waals surface area contributed by atoms with Crippen LogP contribution in [-0.2, 0) is 0 Å². The molecule has 0 aliphatic heterocycles. The molecule has 0 aliphatic rings. The van der Waals surface area contributed by atoms with Crippen LogP contribution in [0.1, 0.15) is 24.9 Å². The summed E-state index contributed by atoms with van der Waals surface area (Å²) < 4.78 is 0. The molecular formula is C9H12ClN. The first kappa shape index (κ1) is 8.57. The van der Waals surface area contributed by atoms with E-state index in [1.807, 2.05) is 31.2 Å². The van der Waals surface area contributed by atoms with Gasteiger partial charge in [-0.25, -0.2) is 0 Å². The van der Waals surface area contributed by atoms with Gasteiger partial charge in [0.05, 0.1) is 0 Å². The number of hydrogen-bond donors (Lipinski definition) is 1. The Morgan fingerprint density at radius 1 is 1.45 bits per heavy atom. The predicted molar refractivity (Wildman–Crippen MR) is 48.7 cm³/mol. The molecule has 1 atom stereocenters. The summed E-state index contributed by atoms with van der Waals surface area (Å²) in [6.45, 7) is 2.05. The Kier molecular flexibility index (Phi) is 2.92. The van der Waals surface area contributed by atoms with Crippen molar-refractivity contribution < 1.29 is 0 Å². The zero-order chi connectivity index (χ0) is 8.27. The smallest absolute Gasteiger partial charge is 0.0453 e. The van der Waals surface area contributed by atoms with Gasteiger partial charge in [-0.15, -0.1) is 0 Å². The molecule has 0 amide bonds. The Hall–Kier alpha value is -0.530. The maximum atomic E-state index is 5.92. The van der Waals surface area contributed by atoms with Crippen LogP contribution in [0.3, 0.4) is 0 Å². The van der Waals surface area contributed by atoms with Crippen LogP contribution in [0, 0.1) is 0 Å². The van der Waals surface area contributed by atoms with E-state index in [4.69, 9.17) is 17.3 Å². The molecule has 0 aromatic heterocycles. The minimum atomic E-state index is 0.0729. The van der Waals surface area contributed by atoms with Crippen LogP contribution < -0.4 is 5.73 Å². The molecule has 11 heavy (non-hydrogen) atoms. The molecule has 1 rings (SSSR count). The van der Waals surface area contributed by atoms with Crippen molar-refractivity contribution in [1.29, 1.82) is 0 Å². The van der Waals surface area contributed by atoms with Crippen molar-refractivity contribution >= 4 is 11.6 Å². The third kappa shape index (κ3) is 1.95. The highest BCUT2D eigenvalue weighted by molar-refractivity contribution is 6.31. The summed E-state index contributed by atoms with van der Waals surface area (Å²) in [6.07, 6.45) is 0.920. The Balaban J connectivity index is 2.93. The quantitative estimate of drug-likeness (QED) is 0.724. The summed E-state index contributed by atoms with van der Waals surface area (Å²) in [4.78, 5) is 0. The van der Waals surface area contributed by atoms with Crippen LogP contribution in [0.4, 0.5) is 0 Å². The van der Waals surface area contributed by atoms with Gasteiger partial charge in [0.15, 0.2) is 0 Å². The Labute approximate surface area is 72.2 Å². The van der Waals surface area contributed by atoms with Crippen molar-refractivity contribution in [3.8, 4) is 0 Å². The summed E-state index contributed by atoms with van der Waals surface area (Å²) in [7, 11) is 0. The molecule has 0 spiro atoms. The van der Waals surface area contributed by atoms with Gasteiger partial charge in [-0.2, -0.15) is 0 Å². The zero-order valence-electron chi connectivity index (χ0n) is 6.55. The lowest BCUT2D eigenvalue weighted by atomic mass is 10.1. The molecule has 0 radical (unpaired) electrons. The zero-order valence-corrected chi connectivity index (χ0v) is 7.31. The molecule has 2 N–H and O–H groups in total. The molecule has 0 fully saturated rings. The Bertz CT molecular complexity index is 235. The van der Waals surface area contributed by atoms with E-state index in [1.165, 1.54) is 0 Å². The van der Waals surface area contributed by atoms with Crippen LogP contribution in [-0.4, -0.2) is 0 Å². The van der Waals surface area contributed by atoms with Gasteiger partial charge in [-0.05, 0) is 18.1 Å². The Morgan fingerprint density at radius 2 is 2.09 bits per heavy atom. The van der Waals surface area contributed by atoms with Crippen LogP contribution in [0.15, 0.2) is 24.3 Å². The lowest BCUT2D eigenvalue weighted by molar-refractivity contribution is 0.699. The summed E-state index contributed by atoms with van der Waals surface area (Å²) in [5, 5.41) is 0.766. The average molecular weight is 170 g/mol. The second kappa shape index (κ2) is 3.74. The van der Waals surface area contributed by atoms with E-state index in [9.17, 15) is 0 Å². The highest BCUT2D eigenvalue weighted by atomic mass is 35.5. The lowest BCUT2D eigenvalue weighted by Gasteiger charge is -2.09. The van der Waals surface area contributed by atoms with E-state index in [1.54, 1.807) is 0 Å². The van der Waals surface area contributed by atoms with Crippen molar-refractivity contribution in [3.63, 3.8) is 0 Å². The number of halogens is 1. The van der Waals surface area contributed by atoms with Crippen molar-refractivity contribution in [2.24, 2.45) is 5.73 Å². The normalized spacial score (nSPS) is 13.0. The van der Waals surface area contributed by atoms with E-state index >= 15 is 0 Å².